The number of rotatable bonds is 5. The van der Waals surface area contributed by atoms with Crippen molar-refractivity contribution < 1.29 is 4.74 Å². The molecule has 1 aliphatic carbocycles. The van der Waals surface area contributed by atoms with E-state index in [1.807, 2.05) is 12.1 Å². The smallest absolute Gasteiger partial charge is 0.244 e. The predicted molar refractivity (Wildman–Crippen MR) is 103 cm³/mol. The van der Waals surface area contributed by atoms with E-state index in [-0.39, 0.29) is 0 Å². The summed E-state index contributed by atoms with van der Waals surface area (Å²) in [7, 11) is 1.72. The molecule has 1 aliphatic heterocycles. The van der Waals surface area contributed by atoms with Crippen LogP contribution in [0.4, 0.5) is 17.5 Å². The van der Waals surface area contributed by atoms with E-state index in [1.54, 1.807) is 13.3 Å². The molecule has 2 heterocycles. The predicted octanol–water partition coefficient (Wildman–Crippen LogP) is 2.56. The van der Waals surface area contributed by atoms with Gasteiger partial charge < -0.3 is 19.9 Å². The van der Waals surface area contributed by atoms with Gasteiger partial charge in [0.15, 0.2) is 5.82 Å². The van der Waals surface area contributed by atoms with Crippen molar-refractivity contribution in [3.05, 3.63) is 30.5 Å². The molecule has 2 fully saturated rings. The lowest BCUT2D eigenvalue weighted by molar-refractivity contribution is 0.413. The molecule has 1 aromatic heterocycles. The third kappa shape index (κ3) is 3.66. The van der Waals surface area contributed by atoms with Crippen molar-refractivity contribution in [2.45, 2.75) is 31.7 Å². The lowest BCUT2D eigenvalue weighted by atomic mass is 10.2. The van der Waals surface area contributed by atoms with Gasteiger partial charge in [-0.25, -0.2) is 0 Å². The number of methoxy groups -OCH3 is 1. The van der Waals surface area contributed by atoms with Gasteiger partial charge in [-0.1, -0.05) is 25.0 Å². The lowest BCUT2D eigenvalue weighted by Crippen LogP contribution is -2.47. The number of aromatic nitrogens is 3. The monoisotopic (exact) mass is 354 g/mol. The minimum absolute atomic E-state index is 0.495. The summed E-state index contributed by atoms with van der Waals surface area (Å²) in [5, 5.41) is 11.7. The Kier molecular flexibility index (Phi) is 5.04. The number of nitrogens with one attached hydrogen (secondary N) is 1. The van der Waals surface area contributed by atoms with Crippen molar-refractivity contribution in [2.75, 3.05) is 48.4 Å². The number of nitrogens with zero attached hydrogens (tertiary/aromatic N) is 5. The third-order valence-corrected chi connectivity index (χ3v) is 5.26. The van der Waals surface area contributed by atoms with E-state index in [9.17, 15) is 0 Å². The van der Waals surface area contributed by atoms with E-state index in [2.05, 4.69) is 42.4 Å². The molecule has 1 saturated carbocycles. The standard InChI is InChI=1S/C19H26N6O/c1-26-17-9-5-4-8-16(17)24-10-12-25(13-11-24)18-14-20-23-19(22-18)21-15-6-2-3-7-15/h4-5,8-9,14-15H,2-3,6-7,10-13H2,1H3,(H,21,22,23). The molecule has 7 heteroatoms. The van der Waals surface area contributed by atoms with E-state index < -0.39 is 0 Å². The van der Waals surface area contributed by atoms with Crippen LogP contribution in [0, 0.1) is 0 Å². The van der Waals surface area contributed by atoms with Crippen molar-refractivity contribution in [3.63, 3.8) is 0 Å². The fourth-order valence-electron chi connectivity index (χ4n) is 3.83. The number of anilines is 3. The zero-order valence-corrected chi connectivity index (χ0v) is 15.3. The summed E-state index contributed by atoms with van der Waals surface area (Å²) in [6.07, 6.45) is 6.74. The van der Waals surface area contributed by atoms with Crippen LogP contribution in [-0.2, 0) is 0 Å². The van der Waals surface area contributed by atoms with Gasteiger partial charge in [0.1, 0.15) is 5.75 Å². The first-order valence-electron chi connectivity index (χ1n) is 9.42. The van der Waals surface area contributed by atoms with E-state index in [0.29, 0.717) is 12.0 Å². The van der Waals surface area contributed by atoms with Crippen molar-refractivity contribution in [2.24, 2.45) is 0 Å². The lowest BCUT2D eigenvalue weighted by Gasteiger charge is -2.37. The molecule has 0 atom stereocenters. The zero-order valence-electron chi connectivity index (χ0n) is 15.3. The normalized spacial score (nSPS) is 18.2. The molecule has 0 amide bonds. The van der Waals surface area contributed by atoms with E-state index in [4.69, 9.17) is 4.74 Å². The average Bonchev–Trinajstić information content (AvgIpc) is 3.21. The highest BCUT2D eigenvalue weighted by Crippen LogP contribution is 2.29. The van der Waals surface area contributed by atoms with Gasteiger partial charge in [-0.2, -0.15) is 10.1 Å². The third-order valence-electron chi connectivity index (χ3n) is 5.26. The molecule has 1 N–H and O–H groups in total. The number of piperazine rings is 1. The Morgan fingerprint density at radius 3 is 2.54 bits per heavy atom. The number of hydrogen-bond acceptors (Lipinski definition) is 7. The Morgan fingerprint density at radius 1 is 1.04 bits per heavy atom. The van der Waals surface area contributed by atoms with E-state index >= 15 is 0 Å². The van der Waals surface area contributed by atoms with Crippen molar-refractivity contribution >= 4 is 17.5 Å². The fourth-order valence-corrected chi connectivity index (χ4v) is 3.83. The summed E-state index contributed by atoms with van der Waals surface area (Å²) in [6, 6.07) is 8.68. The van der Waals surface area contributed by atoms with Crippen LogP contribution in [0.15, 0.2) is 30.5 Å². The Morgan fingerprint density at radius 2 is 1.77 bits per heavy atom. The molecule has 0 bridgehead atoms. The number of para-hydroxylation sites is 2. The molecule has 0 radical (unpaired) electrons. The van der Waals surface area contributed by atoms with Crippen LogP contribution in [-0.4, -0.2) is 54.5 Å². The molecule has 138 valence electrons. The Labute approximate surface area is 154 Å². The summed E-state index contributed by atoms with van der Waals surface area (Å²) in [4.78, 5) is 9.33. The van der Waals surface area contributed by atoms with Gasteiger partial charge in [-0.3, -0.25) is 0 Å². The molecule has 7 nitrogen and oxygen atoms in total. The van der Waals surface area contributed by atoms with Crippen LogP contribution in [0.25, 0.3) is 0 Å². The van der Waals surface area contributed by atoms with Gasteiger partial charge in [0.25, 0.3) is 0 Å². The number of hydrogen-bond donors (Lipinski definition) is 1. The highest BCUT2D eigenvalue weighted by atomic mass is 16.5. The van der Waals surface area contributed by atoms with Crippen LogP contribution < -0.4 is 19.9 Å². The van der Waals surface area contributed by atoms with Gasteiger partial charge in [0.2, 0.25) is 5.95 Å². The maximum Gasteiger partial charge on any atom is 0.244 e. The Hall–Kier alpha value is -2.57. The molecule has 0 spiro atoms. The van der Waals surface area contributed by atoms with Gasteiger partial charge in [0, 0.05) is 32.2 Å². The Bertz CT molecular complexity index is 725. The van der Waals surface area contributed by atoms with Crippen molar-refractivity contribution in [1.29, 1.82) is 0 Å². The molecule has 4 rings (SSSR count). The summed E-state index contributed by atoms with van der Waals surface area (Å²) in [5.41, 5.74) is 1.15. The minimum atomic E-state index is 0.495. The SMILES string of the molecule is COc1ccccc1N1CCN(c2cnnc(NC3CCCC3)n2)CC1. The molecule has 26 heavy (non-hydrogen) atoms. The van der Waals surface area contributed by atoms with Gasteiger partial charge in [-0.15, -0.1) is 5.10 Å². The minimum Gasteiger partial charge on any atom is -0.495 e. The number of ether oxygens (including phenoxy) is 1. The first kappa shape index (κ1) is 16.9. The first-order chi connectivity index (χ1) is 12.8. The van der Waals surface area contributed by atoms with Crippen molar-refractivity contribution in [3.8, 4) is 5.75 Å². The van der Waals surface area contributed by atoms with Gasteiger partial charge in [0.05, 0.1) is 19.0 Å². The topological polar surface area (TPSA) is 66.4 Å². The highest BCUT2D eigenvalue weighted by Gasteiger charge is 2.22. The Balaban J connectivity index is 1.40. The fraction of sp³-hybridized carbons (Fsp3) is 0.526. The molecule has 2 aliphatic rings. The molecular formula is C19H26N6O. The second-order valence-corrected chi connectivity index (χ2v) is 6.91. The second-order valence-electron chi connectivity index (χ2n) is 6.91. The molecule has 2 aromatic rings. The molecule has 1 saturated heterocycles. The average molecular weight is 354 g/mol. The second kappa shape index (κ2) is 7.76. The maximum absolute atomic E-state index is 5.49. The molecule has 1 aromatic carbocycles. The molecular weight excluding hydrogens is 328 g/mol. The zero-order chi connectivity index (χ0) is 17.8. The molecule has 0 unspecified atom stereocenters. The summed E-state index contributed by atoms with van der Waals surface area (Å²) in [5.74, 6) is 2.48. The van der Waals surface area contributed by atoms with Crippen LogP contribution in [0.2, 0.25) is 0 Å². The summed E-state index contributed by atoms with van der Waals surface area (Å²) in [6.45, 7) is 3.66. The summed E-state index contributed by atoms with van der Waals surface area (Å²) >= 11 is 0. The van der Waals surface area contributed by atoms with Crippen LogP contribution in [0.1, 0.15) is 25.7 Å². The van der Waals surface area contributed by atoms with E-state index in [1.165, 1.54) is 25.7 Å². The van der Waals surface area contributed by atoms with Crippen LogP contribution in [0.5, 0.6) is 5.75 Å². The van der Waals surface area contributed by atoms with E-state index in [0.717, 1.165) is 43.4 Å². The summed E-state index contributed by atoms with van der Waals surface area (Å²) < 4.78 is 5.49. The largest absolute Gasteiger partial charge is 0.495 e. The van der Waals surface area contributed by atoms with Crippen LogP contribution >= 0.6 is 0 Å². The van der Waals surface area contributed by atoms with Crippen LogP contribution in [0.3, 0.4) is 0 Å². The van der Waals surface area contributed by atoms with Gasteiger partial charge >= 0.3 is 0 Å². The van der Waals surface area contributed by atoms with Gasteiger partial charge in [-0.05, 0) is 25.0 Å². The quantitative estimate of drug-likeness (QED) is 0.885. The highest BCUT2D eigenvalue weighted by molar-refractivity contribution is 5.59. The number of benzene rings is 1. The maximum atomic E-state index is 5.49. The van der Waals surface area contributed by atoms with Crippen molar-refractivity contribution in [1.82, 2.24) is 15.2 Å². The first-order valence-corrected chi connectivity index (χ1v) is 9.42.